The van der Waals surface area contributed by atoms with Gasteiger partial charge >= 0.3 is 0 Å². The van der Waals surface area contributed by atoms with Crippen LogP contribution in [0.2, 0.25) is 0 Å². The van der Waals surface area contributed by atoms with Crippen LogP contribution >= 0.6 is 0 Å². The third kappa shape index (κ3) is 1.44. The number of rotatable bonds is 1. The molecule has 0 amide bonds. The lowest BCUT2D eigenvalue weighted by Crippen LogP contribution is -2.09. The van der Waals surface area contributed by atoms with Gasteiger partial charge in [0.25, 0.3) is 0 Å². The van der Waals surface area contributed by atoms with Crippen molar-refractivity contribution in [2.45, 2.75) is 27.2 Å². The van der Waals surface area contributed by atoms with Crippen LogP contribution in [0.4, 0.5) is 0 Å². The molecule has 0 aromatic carbocycles. The molecule has 0 radical (unpaired) electrons. The number of ether oxygens (including phenoxy) is 1. The molecule has 1 saturated heterocycles. The third-order valence-corrected chi connectivity index (χ3v) is 2.98. The lowest BCUT2D eigenvalue weighted by atomic mass is 9.88. The highest BCUT2D eigenvalue weighted by Crippen LogP contribution is 2.55. The summed E-state index contributed by atoms with van der Waals surface area (Å²) < 4.78 is 5.35. The largest absolute Gasteiger partial charge is 0.381 e. The highest BCUT2D eigenvalue weighted by atomic mass is 16.5. The predicted molar refractivity (Wildman–Crippen MR) is 45.4 cm³/mol. The van der Waals surface area contributed by atoms with E-state index in [1.54, 1.807) is 0 Å². The summed E-state index contributed by atoms with van der Waals surface area (Å²) in [6.45, 7) is 9.10. The molecular formula is C10H18O. The summed E-state index contributed by atoms with van der Waals surface area (Å²) in [4.78, 5) is 0. The van der Waals surface area contributed by atoms with Gasteiger partial charge in [-0.05, 0) is 29.6 Å². The van der Waals surface area contributed by atoms with Gasteiger partial charge < -0.3 is 4.74 Å². The topological polar surface area (TPSA) is 9.23 Å². The molecule has 2 rings (SSSR count). The van der Waals surface area contributed by atoms with Crippen molar-refractivity contribution in [1.82, 2.24) is 0 Å². The van der Waals surface area contributed by atoms with Crippen molar-refractivity contribution in [3.63, 3.8) is 0 Å². The highest BCUT2D eigenvalue weighted by Gasteiger charge is 2.54. The standard InChI is InChI=1S/C10H18O/c1-10(2,3)4-7-8-5-11-6-9(7)8/h7-9H,4-6H2,1-3H3/t7?,8-,9?/m0/s1. The Bertz CT molecular complexity index is 147. The van der Waals surface area contributed by atoms with Crippen molar-refractivity contribution in [1.29, 1.82) is 0 Å². The summed E-state index contributed by atoms with van der Waals surface area (Å²) in [6.07, 6.45) is 1.39. The summed E-state index contributed by atoms with van der Waals surface area (Å²) in [6, 6.07) is 0. The van der Waals surface area contributed by atoms with Crippen LogP contribution in [-0.4, -0.2) is 13.2 Å². The van der Waals surface area contributed by atoms with Gasteiger partial charge in [-0.1, -0.05) is 20.8 Å². The molecule has 0 bridgehead atoms. The molecule has 1 aliphatic carbocycles. The first-order chi connectivity index (χ1) is 5.08. The van der Waals surface area contributed by atoms with E-state index in [1.807, 2.05) is 0 Å². The molecule has 0 N–H and O–H groups in total. The Morgan fingerprint density at radius 1 is 1.18 bits per heavy atom. The van der Waals surface area contributed by atoms with E-state index in [0.29, 0.717) is 5.41 Å². The van der Waals surface area contributed by atoms with Gasteiger partial charge in [-0.3, -0.25) is 0 Å². The number of fused-ring (bicyclic) bond motifs is 1. The number of hydrogen-bond acceptors (Lipinski definition) is 1. The third-order valence-electron chi connectivity index (χ3n) is 2.98. The summed E-state index contributed by atoms with van der Waals surface area (Å²) in [5.74, 6) is 2.88. The maximum absolute atomic E-state index is 5.35. The molecule has 1 heterocycles. The highest BCUT2D eigenvalue weighted by molar-refractivity contribution is 5.01. The van der Waals surface area contributed by atoms with Crippen LogP contribution in [0.15, 0.2) is 0 Å². The molecule has 64 valence electrons. The van der Waals surface area contributed by atoms with Crippen molar-refractivity contribution in [2.24, 2.45) is 23.2 Å². The average Bonchev–Trinajstić information content (AvgIpc) is 2.39. The average molecular weight is 154 g/mol. The molecule has 2 aliphatic rings. The molecule has 1 saturated carbocycles. The lowest BCUT2D eigenvalue weighted by Gasteiger charge is -2.18. The minimum Gasteiger partial charge on any atom is -0.381 e. The molecule has 3 atom stereocenters. The van der Waals surface area contributed by atoms with Gasteiger partial charge in [0.05, 0.1) is 13.2 Å². The zero-order valence-corrected chi connectivity index (χ0v) is 7.76. The van der Waals surface area contributed by atoms with Crippen LogP contribution in [0.5, 0.6) is 0 Å². The fraction of sp³-hybridized carbons (Fsp3) is 1.00. The van der Waals surface area contributed by atoms with E-state index in [4.69, 9.17) is 4.74 Å². The van der Waals surface area contributed by atoms with Gasteiger partial charge in [0.15, 0.2) is 0 Å². The second-order valence-electron chi connectivity index (χ2n) is 5.29. The molecule has 2 unspecified atom stereocenters. The van der Waals surface area contributed by atoms with Gasteiger partial charge in [-0.15, -0.1) is 0 Å². The Balaban J connectivity index is 1.83. The van der Waals surface area contributed by atoms with Gasteiger partial charge in [0.2, 0.25) is 0 Å². The van der Waals surface area contributed by atoms with Crippen LogP contribution in [-0.2, 0) is 4.74 Å². The van der Waals surface area contributed by atoms with Crippen LogP contribution in [0.3, 0.4) is 0 Å². The van der Waals surface area contributed by atoms with Crippen LogP contribution in [0.25, 0.3) is 0 Å². The Morgan fingerprint density at radius 3 is 2.18 bits per heavy atom. The maximum Gasteiger partial charge on any atom is 0.0500 e. The van der Waals surface area contributed by atoms with E-state index in [0.717, 1.165) is 31.0 Å². The summed E-state index contributed by atoms with van der Waals surface area (Å²) in [5.41, 5.74) is 0.523. The van der Waals surface area contributed by atoms with Crippen molar-refractivity contribution >= 4 is 0 Å². The van der Waals surface area contributed by atoms with Gasteiger partial charge in [0.1, 0.15) is 0 Å². The monoisotopic (exact) mass is 154 g/mol. The first-order valence-corrected chi connectivity index (χ1v) is 4.66. The summed E-state index contributed by atoms with van der Waals surface area (Å²) >= 11 is 0. The van der Waals surface area contributed by atoms with E-state index < -0.39 is 0 Å². The summed E-state index contributed by atoms with van der Waals surface area (Å²) in [7, 11) is 0. The first kappa shape index (κ1) is 7.60. The maximum atomic E-state index is 5.35. The van der Waals surface area contributed by atoms with E-state index >= 15 is 0 Å². The van der Waals surface area contributed by atoms with E-state index in [2.05, 4.69) is 20.8 Å². The zero-order valence-electron chi connectivity index (χ0n) is 7.76. The Morgan fingerprint density at radius 2 is 1.73 bits per heavy atom. The summed E-state index contributed by atoms with van der Waals surface area (Å²) in [5, 5.41) is 0. The van der Waals surface area contributed by atoms with Gasteiger partial charge in [-0.25, -0.2) is 0 Å². The molecule has 11 heavy (non-hydrogen) atoms. The van der Waals surface area contributed by atoms with Crippen molar-refractivity contribution in [3.05, 3.63) is 0 Å². The SMILES string of the molecule is CC(C)(C)CC1C2COC[C@H]21. The fourth-order valence-electron chi connectivity index (χ4n) is 2.37. The molecule has 2 fully saturated rings. The van der Waals surface area contributed by atoms with Crippen LogP contribution < -0.4 is 0 Å². The molecule has 1 nitrogen and oxygen atoms in total. The molecule has 0 aromatic rings. The minimum atomic E-state index is 0.523. The van der Waals surface area contributed by atoms with E-state index in [1.165, 1.54) is 6.42 Å². The van der Waals surface area contributed by atoms with Crippen molar-refractivity contribution in [2.75, 3.05) is 13.2 Å². The van der Waals surface area contributed by atoms with E-state index in [-0.39, 0.29) is 0 Å². The molecule has 1 aliphatic heterocycles. The number of hydrogen-bond donors (Lipinski definition) is 0. The lowest BCUT2D eigenvalue weighted by molar-refractivity contribution is 0.141. The second kappa shape index (κ2) is 2.22. The van der Waals surface area contributed by atoms with Crippen LogP contribution in [0, 0.1) is 23.2 Å². The van der Waals surface area contributed by atoms with Gasteiger partial charge in [-0.2, -0.15) is 0 Å². The Kier molecular flexibility index (Phi) is 1.54. The van der Waals surface area contributed by atoms with Crippen molar-refractivity contribution < 1.29 is 4.74 Å². The molecular weight excluding hydrogens is 136 g/mol. The fourth-order valence-corrected chi connectivity index (χ4v) is 2.37. The quantitative estimate of drug-likeness (QED) is 0.563. The Hall–Kier alpha value is -0.0400. The van der Waals surface area contributed by atoms with Gasteiger partial charge in [0, 0.05) is 0 Å². The predicted octanol–water partition coefficient (Wildman–Crippen LogP) is 2.32. The molecule has 1 heteroatoms. The van der Waals surface area contributed by atoms with Crippen molar-refractivity contribution in [3.8, 4) is 0 Å². The van der Waals surface area contributed by atoms with Crippen LogP contribution in [0.1, 0.15) is 27.2 Å². The second-order valence-corrected chi connectivity index (χ2v) is 5.29. The molecule has 0 aromatic heterocycles. The minimum absolute atomic E-state index is 0.523. The first-order valence-electron chi connectivity index (χ1n) is 4.66. The smallest absolute Gasteiger partial charge is 0.0500 e. The molecule has 0 spiro atoms. The van der Waals surface area contributed by atoms with E-state index in [9.17, 15) is 0 Å². The normalized spacial score (nSPS) is 42.3. The Labute approximate surface area is 69.1 Å². The zero-order chi connectivity index (χ0) is 8.06.